The van der Waals surface area contributed by atoms with Gasteiger partial charge in [-0.3, -0.25) is 0 Å². The summed E-state index contributed by atoms with van der Waals surface area (Å²) in [7, 11) is 0. The molecule has 0 N–H and O–H groups in total. The lowest BCUT2D eigenvalue weighted by Gasteiger charge is -2.45. The van der Waals surface area contributed by atoms with E-state index in [1.807, 2.05) is 0 Å². The molecule has 0 bridgehead atoms. The van der Waals surface area contributed by atoms with Crippen molar-refractivity contribution in [1.82, 2.24) is 0 Å². The monoisotopic (exact) mass is 211 g/mol. The van der Waals surface area contributed by atoms with Crippen LogP contribution in [0.25, 0.3) is 0 Å². The molecule has 0 aromatic carbocycles. The molecule has 1 heterocycles. The Morgan fingerprint density at radius 2 is 1.86 bits per heavy atom. The lowest BCUT2D eigenvalue weighted by Crippen LogP contribution is -2.46. The fourth-order valence-corrected chi connectivity index (χ4v) is 4.71. The highest BCUT2D eigenvalue weighted by Gasteiger charge is 2.40. The van der Waals surface area contributed by atoms with E-state index in [9.17, 15) is 0 Å². The van der Waals surface area contributed by atoms with Gasteiger partial charge in [0, 0.05) is 10.5 Å². The van der Waals surface area contributed by atoms with Crippen molar-refractivity contribution in [3.05, 3.63) is 6.42 Å². The number of fused-ring (bicyclic) bond motifs is 2. The summed E-state index contributed by atoms with van der Waals surface area (Å²) in [6, 6.07) is 0. The molecule has 2 heteroatoms. The van der Waals surface area contributed by atoms with Crippen molar-refractivity contribution < 1.29 is 4.74 Å². The summed E-state index contributed by atoms with van der Waals surface area (Å²) in [6.45, 7) is 0. The summed E-state index contributed by atoms with van der Waals surface area (Å²) in [5.41, 5.74) is 0. The first kappa shape index (κ1) is 9.53. The van der Waals surface area contributed by atoms with Crippen molar-refractivity contribution in [2.75, 3.05) is 0 Å². The van der Waals surface area contributed by atoms with E-state index in [2.05, 4.69) is 18.2 Å². The van der Waals surface area contributed by atoms with Gasteiger partial charge in [0.05, 0.1) is 12.2 Å². The van der Waals surface area contributed by atoms with E-state index in [0.717, 1.165) is 10.5 Å². The maximum atomic E-state index is 6.24. The molecule has 1 aliphatic heterocycles. The molecule has 2 saturated carbocycles. The zero-order chi connectivity index (χ0) is 9.38. The largest absolute Gasteiger partial charge is 0.373 e. The minimum atomic E-state index is 0.563. The molecular formula is C12H19OS. The molecule has 0 aromatic rings. The van der Waals surface area contributed by atoms with E-state index in [0.29, 0.717) is 12.2 Å². The third kappa shape index (κ3) is 1.71. The first-order chi connectivity index (χ1) is 6.93. The average Bonchev–Trinajstić information content (AvgIpc) is 2.26. The van der Waals surface area contributed by atoms with Crippen LogP contribution in [0, 0.1) is 6.42 Å². The molecule has 4 unspecified atom stereocenters. The molecule has 0 amide bonds. The SMILES string of the molecule is [CH]1CCCC2OC3CCCCC3SC12. The van der Waals surface area contributed by atoms with Crippen LogP contribution in [0.4, 0.5) is 0 Å². The van der Waals surface area contributed by atoms with Crippen LogP contribution in [-0.2, 0) is 4.74 Å². The van der Waals surface area contributed by atoms with Crippen LogP contribution >= 0.6 is 11.8 Å². The highest BCUT2D eigenvalue weighted by atomic mass is 32.2. The zero-order valence-electron chi connectivity index (χ0n) is 8.65. The van der Waals surface area contributed by atoms with Gasteiger partial charge in [0.15, 0.2) is 0 Å². The van der Waals surface area contributed by atoms with Crippen molar-refractivity contribution in [2.45, 2.75) is 67.7 Å². The van der Waals surface area contributed by atoms with Crippen molar-refractivity contribution in [1.29, 1.82) is 0 Å². The Balaban J connectivity index is 1.68. The van der Waals surface area contributed by atoms with Gasteiger partial charge in [0.1, 0.15) is 0 Å². The summed E-state index contributed by atoms with van der Waals surface area (Å²) >= 11 is 2.22. The summed E-state index contributed by atoms with van der Waals surface area (Å²) in [6.07, 6.45) is 13.2. The van der Waals surface area contributed by atoms with E-state index >= 15 is 0 Å². The van der Waals surface area contributed by atoms with Crippen molar-refractivity contribution in [3.8, 4) is 0 Å². The number of hydrogen-bond acceptors (Lipinski definition) is 2. The molecular weight excluding hydrogens is 192 g/mol. The van der Waals surface area contributed by atoms with Crippen LogP contribution in [0.15, 0.2) is 0 Å². The average molecular weight is 211 g/mol. The molecule has 4 atom stereocenters. The fraction of sp³-hybridized carbons (Fsp3) is 0.917. The smallest absolute Gasteiger partial charge is 0.0700 e. The molecule has 2 aliphatic carbocycles. The minimum absolute atomic E-state index is 0.563. The molecule has 0 spiro atoms. The van der Waals surface area contributed by atoms with E-state index in [1.165, 1.54) is 44.9 Å². The minimum Gasteiger partial charge on any atom is -0.373 e. The van der Waals surface area contributed by atoms with Crippen LogP contribution in [0.2, 0.25) is 0 Å². The van der Waals surface area contributed by atoms with Gasteiger partial charge in [0.2, 0.25) is 0 Å². The van der Waals surface area contributed by atoms with Crippen molar-refractivity contribution >= 4 is 11.8 Å². The normalized spacial score (nSPS) is 48.0. The van der Waals surface area contributed by atoms with Gasteiger partial charge < -0.3 is 4.74 Å². The Kier molecular flexibility index (Phi) is 2.76. The number of thioether (sulfide) groups is 1. The highest BCUT2D eigenvalue weighted by Crippen LogP contribution is 2.44. The van der Waals surface area contributed by atoms with E-state index in [4.69, 9.17) is 4.74 Å². The van der Waals surface area contributed by atoms with Crippen LogP contribution in [0.3, 0.4) is 0 Å². The van der Waals surface area contributed by atoms with E-state index in [1.54, 1.807) is 0 Å². The maximum Gasteiger partial charge on any atom is 0.0700 e. The first-order valence-electron chi connectivity index (χ1n) is 6.08. The van der Waals surface area contributed by atoms with Crippen molar-refractivity contribution in [2.24, 2.45) is 0 Å². The van der Waals surface area contributed by atoms with Gasteiger partial charge >= 0.3 is 0 Å². The summed E-state index contributed by atoms with van der Waals surface area (Å²) in [5, 5.41) is 1.54. The molecule has 1 radical (unpaired) electrons. The molecule has 0 aromatic heterocycles. The molecule has 14 heavy (non-hydrogen) atoms. The van der Waals surface area contributed by atoms with Crippen LogP contribution < -0.4 is 0 Å². The Morgan fingerprint density at radius 1 is 1.00 bits per heavy atom. The van der Waals surface area contributed by atoms with Gasteiger partial charge in [-0.25, -0.2) is 0 Å². The van der Waals surface area contributed by atoms with E-state index < -0.39 is 0 Å². The summed E-state index contributed by atoms with van der Waals surface area (Å²) in [4.78, 5) is 0. The third-order valence-corrected chi connectivity index (χ3v) is 5.48. The van der Waals surface area contributed by atoms with Crippen molar-refractivity contribution in [3.63, 3.8) is 0 Å². The lowest BCUT2D eigenvalue weighted by atomic mass is 9.93. The van der Waals surface area contributed by atoms with Crippen LogP contribution in [0.1, 0.15) is 44.9 Å². The third-order valence-electron chi connectivity index (χ3n) is 3.78. The Labute approximate surface area is 91.0 Å². The second-order valence-corrected chi connectivity index (χ2v) is 6.23. The molecule has 1 saturated heterocycles. The highest BCUT2D eigenvalue weighted by molar-refractivity contribution is 8.00. The standard InChI is InChI=1S/C12H19OS/c1-3-7-11-9(5-1)13-10-6-2-4-8-12(10)14-11/h7,9-12H,1-6,8H2. The lowest BCUT2D eigenvalue weighted by molar-refractivity contribution is -0.0411. The molecule has 3 rings (SSSR count). The van der Waals surface area contributed by atoms with Gasteiger partial charge in [0.25, 0.3) is 0 Å². The maximum absolute atomic E-state index is 6.24. The fourth-order valence-electron chi connectivity index (χ4n) is 3.01. The quantitative estimate of drug-likeness (QED) is 0.608. The summed E-state index contributed by atoms with van der Waals surface area (Å²) in [5.74, 6) is 0. The molecule has 1 nitrogen and oxygen atoms in total. The number of ether oxygens (including phenoxy) is 1. The van der Waals surface area contributed by atoms with Gasteiger partial charge in [-0.15, -0.1) is 11.8 Å². The molecule has 3 aliphatic rings. The Morgan fingerprint density at radius 3 is 2.86 bits per heavy atom. The number of rotatable bonds is 0. The topological polar surface area (TPSA) is 9.23 Å². The molecule has 79 valence electrons. The predicted molar refractivity (Wildman–Crippen MR) is 60.4 cm³/mol. The van der Waals surface area contributed by atoms with Gasteiger partial charge in [-0.1, -0.05) is 19.3 Å². The number of hydrogen-bond donors (Lipinski definition) is 0. The Hall–Kier alpha value is 0.310. The zero-order valence-corrected chi connectivity index (χ0v) is 9.47. The van der Waals surface area contributed by atoms with Crippen LogP contribution in [-0.4, -0.2) is 22.7 Å². The second-order valence-electron chi connectivity index (χ2n) is 4.80. The Bertz CT molecular complexity index is 164. The predicted octanol–water partition coefficient (Wildman–Crippen LogP) is 3.19. The van der Waals surface area contributed by atoms with Gasteiger partial charge in [-0.05, 0) is 32.1 Å². The second kappa shape index (κ2) is 4.05. The molecule has 3 fully saturated rings. The van der Waals surface area contributed by atoms with E-state index in [-0.39, 0.29) is 0 Å². The first-order valence-corrected chi connectivity index (χ1v) is 7.02. The van der Waals surface area contributed by atoms with Crippen LogP contribution in [0.5, 0.6) is 0 Å². The van der Waals surface area contributed by atoms with Gasteiger partial charge in [-0.2, -0.15) is 0 Å². The summed E-state index contributed by atoms with van der Waals surface area (Å²) < 4.78 is 6.24.